The van der Waals surface area contributed by atoms with E-state index in [4.69, 9.17) is 11.6 Å². The average Bonchev–Trinajstić information content (AvgIpc) is 2.57. The molecule has 5 heteroatoms. The van der Waals surface area contributed by atoms with Crippen LogP contribution in [-0.4, -0.2) is 16.1 Å². The summed E-state index contributed by atoms with van der Waals surface area (Å²) in [5.74, 6) is 0.517. The number of rotatable bonds is 4. The Hall–Kier alpha value is -1.52. The lowest BCUT2D eigenvalue weighted by molar-refractivity contribution is -0.115. The number of carbonyl (C=O) groups excluding carboxylic acids is 1. The van der Waals surface area contributed by atoms with Gasteiger partial charge in [-0.05, 0) is 49.4 Å². The number of nitrogens with one attached hydrogen (secondary N) is 1. The Morgan fingerprint density at radius 1 is 1.35 bits per heavy atom. The molecule has 3 rings (SSSR count). The van der Waals surface area contributed by atoms with Gasteiger partial charge in [0.2, 0.25) is 5.91 Å². The van der Waals surface area contributed by atoms with Crippen LogP contribution in [0.3, 0.4) is 0 Å². The number of nitrogens with zero attached hydrogens (tertiary/aromatic N) is 1. The number of halogens is 1. The van der Waals surface area contributed by atoms with Crippen molar-refractivity contribution in [1.29, 1.82) is 0 Å². The van der Waals surface area contributed by atoms with Gasteiger partial charge in [0.1, 0.15) is 5.82 Å². The molecule has 120 valence electrons. The number of aromatic nitrogens is 1. The minimum Gasteiger partial charge on any atom is -0.310 e. The average molecular weight is 347 g/mol. The van der Waals surface area contributed by atoms with Gasteiger partial charge in [0.05, 0.1) is 10.3 Å². The van der Waals surface area contributed by atoms with E-state index in [1.54, 1.807) is 23.9 Å². The highest BCUT2D eigenvalue weighted by atomic mass is 35.5. The number of benzene rings is 1. The monoisotopic (exact) mass is 346 g/mol. The van der Waals surface area contributed by atoms with Crippen LogP contribution in [0.15, 0.2) is 42.6 Å². The SMILES string of the molecule is CC(SC1CCCc2ccccc21)C(=O)Nc1ccc(Cl)cn1. The summed E-state index contributed by atoms with van der Waals surface area (Å²) in [4.78, 5) is 16.5. The number of thioether (sulfide) groups is 1. The molecule has 2 unspecified atom stereocenters. The van der Waals surface area contributed by atoms with E-state index in [1.165, 1.54) is 23.7 Å². The topological polar surface area (TPSA) is 42.0 Å². The molecule has 0 fully saturated rings. The normalized spacial score (nSPS) is 18.1. The lowest BCUT2D eigenvalue weighted by atomic mass is 9.91. The third-order valence-corrected chi connectivity index (χ3v) is 5.69. The molecular weight excluding hydrogens is 328 g/mol. The lowest BCUT2D eigenvalue weighted by Crippen LogP contribution is -2.24. The van der Waals surface area contributed by atoms with Gasteiger partial charge in [0, 0.05) is 11.4 Å². The van der Waals surface area contributed by atoms with E-state index in [2.05, 4.69) is 34.6 Å². The number of hydrogen-bond acceptors (Lipinski definition) is 3. The lowest BCUT2D eigenvalue weighted by Gasteiger charge is -2.27. The van der Waals surface area contributed by atoms with Crippen LogP contribution in [0.25, 0.3) is 0 Å². The Morgan fingerprint density at radius 3 is 2.96 bits per heavy atom. The second-order valence-corrected chi connectivity index (χ2v) is 7.69. The molecule has 0 spiro atoms. The molecule has 0 radical (unpaired) electrons. The number of amides is 1. The summed E-state index contributed by atoms with van der Waals surface area (Å²) < 4.78 is 0. The summed E-state index contributed by atoms with van der Waals surface area (Å²) in [5.41, 5.74) is 2.80. The van der Waals surface area contributed by atoms with E-state index in [0.29, 0.717) is 16.1 Å². The van der Waals surface area contributed by atoms with Crippen molar-refractivity contribution in [1.82, 2.24) is 4.98 Å². The molecular formula is C18H19ClN2OS. The molecule has 23 heavy (non-hydrogen) atoms. The quantitative estimate of drug-likeness (QED) is 0.858. The van der Waals surface area contributed by atoms with Gasteiger partial charge >= 0.3 is 0 Å². The van der Waals surface area contributed by atoms with Crippen LogP contribution in [0, 0.1) is 0 Å². The maximum absolute atomic E-state index is 12.4. The maximum Gasteiger partial charge on any atom is 0.238 e. The van der Waals surface area contributed by atoms with E-state index >= 15 is 0 Å². The fourth-order valence-electron chi connectivity index (χ4n) is 2.84. The molecule has 3 nitrogen and oxygen atoms in total. The number of fused-ring (bicyclic) bond motifs is 1. The van der Waals surface area contributed by atoms with E-state index in [9.17, 15) is 4.79 Å². The van der Waals surface area contributed by atoms with Crippen molar-refractivity contribution >= 4 is 35.1 Å². The molecule has 1 heterocycles. The highest BCUT2D eigenvalue weighted by Crippen LogP contribution is 2.41. The summed E-state index contributed by atoms with van der Waals surface area (Å²) >= 11 is 7.54. The Bertz CT molecular complexity index is 690. The van der Waals surface area contributed by atoms with Crippen molar-refractivity contribution in [3.8, 4) is 0 Å². The van der Waals surface area contributed by atoms with Crippen molar-refractivity contribution in [2.75, 3.05) is 5.32 Å². The molecule has 0 saturated carbocycles. The van der Waals surface area contributed by atoms with Crippen LogP contribution < -0.4 is 5.32 Å². The van der Waals surface area contributed by atoms with Crippen molar-refractivity contribution in [3.05, 3.63) is 58.7 Å². The van der Waals surface area contributed by atoms with Crippen LogP contribution in [0.2, 0.25) is 5.02 Å². The number of pyridine rings is 1. The van der Waals surface area contributed by atoms with Crippen molar-refractivity contribution in [2.45, 2.75) is 36.7 Å². The Balaban J connectivity index is 1.64. The molecule has 2 atom stereocenters. The molecule has 2 aromatic rings. The summed E-state index contributed by atoms with van der Waals surface area (Å²) in [5, 5.41) is 3.66. The van der Waals surface area contributed by atoms with Crippen LogP contribution >= 0.6 is 23.4 Å². The van der Waals surface area contributed by atoms with E-state index < -0.39 is 0 Å². The van der Waals surface area contributed by atoms with Crippen molar-refractivity contribution in [3.63, 3.8) is 0 Å². The minimum absolute atomic E-state index is 0.0205. The van der Waals surface area contributed by atoms with Crippen LogP contribution in [0.4, 0.5) is 5.82 Å². The van der Waals surface area contributed by atoms with E-state index in [1.807, 2.05) is 6.92 Å². The predicted octanol–water partition coefficient (Wildman–Crippen LogP) is 4.87. The maximum atomic E-state index is 12.4. The smallest absolute Gasteiger partial charge is 0.238 e. The first-order valence-corrected chi connectivity index (χ1v) is 9.11. The second kappa shape index (κ2) is 7.37. The van der Waals surface area contributed by atoms with Gasteiger partial charge < -0.3 is 5.32 Å². The van der Waals surface area contributed by atoms with Gasteiger partial charge in [-0.15, -0.1) is 11.8 Å². The highest BCUT2D eigenvalue weighted by molar-refractivity contribution is 8.00. The van der Waals surface area contributed by atoms with Gasteiger partial charge in [-0.2, -0.15) is 0 Å². The summed E-state index contributed by atoms with van der Waals surface area (Å²) in [7, 11) is 0. The molecule has 1 aliphatic carbocycles. The van der Waals surface area contributed by atoms with Gasteiger partial charge in [-0.25, -0.2) is 4.98 Å². The Kier molecular flexibility index (Phi) is 5.23. The molecule has 1 aromatic heterocycles. The van der Waals surface area contributed by atoms with Crippen molar-refractivity contribution < 1.29 is 4.79 Å². The van der Waals surface area contributed by atoms with Gasteiger partial charge in [-0.1, -0.05) is 35.9 Å². The van der Waals surface area contributed by atoms with Gasteiger partial charge in [0.25, 0.3) is 0 Å². The molecule has 0 aliphatic heterocycles. The predicted molar refractivity (Wildman–Crippen MR) is 97.1 cm³/mol. The zero-order valence-electron chi connectivity index (χ0n) is 13.0. The molecule has 1 aliphatic rings. The number of aryl methyl sites for hydroxylation is 1. The first kappa shape index (κ1) is 16.3. The molecule has 0 saturated heterocycles. The van der Waals surface area contributed by atoms with Crippen LogP contribution in [-0.2, 0) is 11.2 Å². The number of carbonyl (C=O) groups is 1. The minimum atomic E-state index is -0.136. The summed E-state index contributed by atoms with van der Waals surface area (Å²) in [6, 6.07) is 12.0. The summed E-state index contributed by atoms with van der Waals surface area (Å²) in [6.07, 6.45) is 4.98. The van der Waals surface area contributed by atoms with Gasteiger partial charge in [-0.3, -0.25) is 4.79 Å². The molecule has 1 aromatic carbocycles. The van der Waals surface area contributed by atoms with Crippen molar-refractivity contribution in [2.24, 2.45) is 0 Å². The van der Waals surface area contributed by atoms with Gasteiger partial charge in [0.15, 0.2) is 0 Å². The fourth-order valence-corrected chi connectivity index (χ4v) is 4.30. The Morgan fingerprint density at radius 2 is 2.17 bits per heavy atom. The largest absolute Gasteiger partial charge is 0.310 e. The molecule has 1 N–H and O–H groups in total. The first-order chi connectivity index (χ1) is 11.1. The number of hydrogen-bond donors (Lipinski definition) is 1. The van der Waals surface area contributed by atoms with Crippen LogP contribution in [0.5, 0.6) is 0 Å². The zero-order valence-corrected chi connectivity index (χ0v) is 14.5. The third kappa shape index (κ3) is 4.06. The van der Waals surface area contributed by atoms with Crippen LogP contribution in [0.1, 0.15) is 36.1 Å². The highest BCUT2D eigenvalue weighted by Gasteiger charge is 2.25. The number of anilines is 1. The second-order valence-electron chi connectivity index (χ2n) is 5.71. The zero-order chi connectivity index (χ0) is 16.2. The third-order valence-electron chi connectivity index (χ3n) is 4.03. The Labute approximate surface area is 145 Å². The fraction of sp³-hybridized carbons (Fsp3) is 0.333. The van der Waals surface area contributed by atoms with E-state index in [-0.39, 0.29) is 11.2 Å². The van der Waals surface area contributed by atoms with E-state index in [0.717, 1.165) is 12.8 Å². The first-order valence-electron chi connectivity index (χ1n) is 7.79. The molecule has 0 bridgehead atoms. The molecule has 1 amide bonds. The summed E-state index contributed by atoms with van der Waals surface area (Å²) in [6.45, 7) is 1.95. The standard InChI is InChI=1S/C18H19ClN2OS/c1-12(18(22)21-17-10-9-14(19)11-20-17)23-16-8-4-6-13-5-2-3-7-15(13)16/h2-3,5,7,9-12,16H,4,6,8H2,1H3,(H,20,21,22).